The molecule has 0 fully saturated rings. The van der Waals surface area contributed by atoms with Crippen molar-refractivity contribution in [1.29, 1.82) is 0 Å². The Bertz CT molecular complexity index is 1710. The summed E-state index contributed by atoms with van der Waals surface area (Å²) >= 11 is 0. The van der Waals surface area contributed by atoms with Gasteiger partial charge >= 0.3 is 0 Å². The van der Waals surface area contributed by atoms with E-state index in [1.165, 1.54) is 0 Å². The van der Waals surface area contributed by atoms with Gasteiger partial charge < -0.3 is 15.6 Å². The second-order valence-electron chi connectivity index (χ2n) is 9.75. The van der Waals surface area contributed by atoms with E-state index >= 15 is 0 Å². The maximum absolute atomic E-state index is 14.0. The van der Waals surface area contributed by atoms with E-state index in [4.69, 9.17) is 5.73 Å². The lowest BCUT2D eigenvalue weighted by atomic mass is 9.99. The fraction of sp³-hybridized carbons (Fsp3) is 0.188. The summed E-state index contributed by atoms with van der Waals surface area (Å²) in [5.74, 6) is -0.196. The third kappa shape index (κ3) is 5.78. The molecule has 1 amide bonds. The average Bonchev–Trinajstić information content (AvgIpc) is 2.94. The van der Waals surface area contributed by atoms with Gasteiger partial charge in [-0.25, -0.2) is 0 Å². The molecule has 0 saturated heterocycles. The number of aryl methyl sites for hydroxylation is 4. The summed E-state index contributed by atoms with van der Waals surface area (Å²) in [5.41, 5.74) is 13.0. The van der Waals surface area contributed by atoms with Gasteiger partial charge in [0.2, 0.25) is 0 Å². The maximum atomic E-state index is 14.0. The lowest BCUT2D eigenvalue weighted by Gasteiger charge is -2.16. The smallest absolute Gasteiger partial charge is 0.258 e. The van der Waals surface area contributed by atoms with E-state index in [-0.39, 0.29) is 11.5 Å². The Morgan fingerprint density at radius 2 is 1.77 bits per heavy atom. The van der Waals surface area contributed by atoms with Crippen molar-refractivity contribution in [3.8, 4) is 11.1 Å². The molecule has 2 aromatic carbocycles. The zero-order valence-electron chi connectivity index (χ0n) is 22.1. The Kier molecular flexibility index (Phi) is 7.61. The van der Waals surface area contributed by atoms with E-state index < -0.39 is 0 Å². The maximum Gasteiger partial charge on any atom is 0.258 e. The minimum atomic E-state index is -0.196. The van der Waals surface area contributed by atoms with Crippen LogP contribution in [0.3, 0.4) is 0 Å². The topological polar surface area (TPSA) is 103 Å². The van der Waals surface area contributed by atoms with Gasteiger partial charge in [0.05, 0.1) is 5.52 Å². The number of aromatic nitrogens is 3. The quantitative estimate of drug-likeness (QED) is 0.299. The molecule has 3 heterocycles. The van der Waals surface area contributed by atoms with Crippen LogP contribution in [0.2, 0.25) is 0 Å². The molecule has 39 heavy (non-hydrogen) atoms. The summed E-state index contributed by atoms with van der Waals surface area (Å²) in [6.07, 6.45) is 6.65. The third-order valence-corrected chi connectivity index (χ3v) is 6.87. The molecule has 0 spiro atoms. The lowest BCUT2D eigenvalue weighted by Crippen LogP contribution is -2.24. The molecule has 3 N–H and O–H groups in total. The van der Waals surface area contributed by atoms with Gasteiger partial charge in [0.15, 0.2) is 0 Å². The highest BCUT2D eigenvalue weighted by Gasteiger charge is 2.16. The van der Waals surface area contributed by atoms with Crippen LogP contribution in [-0.2, 0) is 19.4 Å². The highest BCUT2D eigenvalue weighted by atomic mass is 16.1. The number of nitrogens with zero attached hydrogens (tertiary/aromatic N) is 3. The van der Waals surface area contributed by atoms with Gasteiger partial charge in [-0.3, -0.25) is 19.6 Å². The predicted molar refractivity (Wildman–Crippen MR) is 156 cm³/mol. The van der Waals surface area contributed by atoms with E-state index in [1.807, 2.05) is 85.3 Å². The Labute approximate surface area is 227 Å². The molecule has 0 radical (unpaired) electrons. The van der Waals surface area contributed by atoms with Gasteiger partial charge in [-0.2, -0.15) is 0 Å². The van der Waals surface area contributed by atoms with Crippen LogP contribution >= 0.6 is 0 Å². The van der Waals surface area contributed by atoms with Crippen molar-refractivity contribution in [2.75, 3.05) is 11.9 Å². The number of anilines is 1. The standard InChI is InChI=1S/C32H31N5O2/c1-21-4-3-5-24(16-21)31(38)36-27-7-6-22(2)28(18-27)29-17-25-20-35-26(8-12-33)19-30(25)37(32(29)39)15-11-23-9-13-34-14-10-23/h3-7,9-10,13-14,16-20H,8,11-12,15,33H2,1-2H3,(H,36,38). The van der Waals surface area contributed by atoms with Gasteiger partial charge in [-0.05, 0) is 92.0 Å². The van der Waals surface area contributed by atoms with Crippen LogP contribution in [0.15, 0.2) is 90.1 Å². The Hall–Kier alpha value is -4.62. The Morgan fingerprint density at radius 1 is 0.949 bits per heavy atom. The molecule has 0 aliphatic rings. The number of hydrogen-bond acceptors (Lipinski definition) is 5. The second kappa shape index (κ2) is 11.4. The first-order chi connectivity index (χ1) is 18.9. The van der Waals surface area contributed by atoms with Gasteiger partial charge in [0.25, 0.3) is 11.5 Å². The van der Waals surface area contributed by atoms with E-state index in [1.54, 1.807) is 18.5 Å². The second-order valence-corrected chi connectivity index (χ2v) is 9.75. The van der Waals surface area contributed by atoms with E-state index in [0.29, 0.717) is 42.7 Å². The summed E-state index contributed by atoms with van der Waals surface area (Å²) in [4.78, 5) is 35.6. The van der Waals surface area contributed by atoms with Crippen molar-refractivity contribution in [3.05, 3.63) is 124 Å². The van der Waals surface area contributed by atoms with E-state index in [0.717, 1.165) is 38.9 Å². The minimum Gasteiger partial charge on any atom is -0.330 e. The minimum absolute atomic E-state index is 0.0910. The molecule has 196 valence electrons. The molecular formula is C32H31N5O2. The molecule has 0 bridgehead atoms. The number of rotatable bonds is 8. The molecule has 7 nitrogen and oxygen atoms in total. The van der Waals surface area contributed by atoms with E-state index in [2.05, 4.69) is 15.3 Å². The van der Waals surface area contributed by atoms with Crippen LogP contribution < -0.4 is 16.6 Å². The monoisotopic (exact) mass is 517 g/mol. The summed E-state index contributed by atoms with van der Waals surface area (Å²) in [5, 5.41) is 3.85. The number of carbonyl (C=O) groups is 1. The van der Waals surface area contributed by atoms with Crippen LogP contribution in [0.1, 0.15) is 32.7 Å². The molecule has 5 aromatic rings. The summed E-state index contributed by atoms with van der Waals surface area (Å²) in [7, 11) is 0. The van der Waals surface area contributed by atoms with Crippen LogP contribution in [-0.4, -0.2) is 27.0 Å². The first-order valence-corrected chi connectivity index (χ1v) is 13.0. The van der Waals surface area contributed by atoms with Crippen LogP contribution in [0.4, 0.5) is 5.69 Å². The molecular weight excluding hydrogens is 486 g/mol. The number of nitrogens with two attached hydrogens (primary N) is 1. The largest absolute Gasteiger partial charge is 0.330 e. The molecule has 0 unspecified atom stereocenters. The number of amides is 1. The van der Waals surface area contributed by atoms with Crippen molar-refractivity contribution in [1.82, 2.24) is 14.5 Å². The Morgan fingerprint density at radius 3 is 2.54 bits per heavy atom. The first kappa shape index (κ1) is 26.0. The summed E-state index contributed by atoms with van der Waals surface area (Å²) < 4.78 is 1.82. The SMILES string of the molecule is Cc1cccc(C(=O)Nc2ccc(C)c(-c3cc4cnc(CCN)cc4n(CCc4ccncc4)c3=O)c2)c1. The highest BCUT2D eigenvalue weighted by Crippen LogP contribution is 2.28. The van der Waals surface area contributed by atoms with Crippen molar-refractivity contribution in [2.45, 2.75) is 33.2 Å². The van der Waals surface area contributed by atoms with Gasteiger partial charge in [-0.1, -0.05) is 23.8 Å². The third-order valence-electron chi connectivity index (χ3n) is 6.87. The number of pyridine rings is 3. The fourth-order valence-corrected chi connectivity index (χ4v) is 4.78. The predicted octanol–water partition coefficient (Wildman–Crippen LogP) is 5.07. The number of fused-ring (bicyclic) bond motifs is 1. The summed E-state index contributed by atoms with van der Waals surface area (Å²) in [6.45, 7) is 4.91. The van der Waals surface area contributed by atoms with Gasteiger partial charge in [0, 0.05) is 59.5 Å². The van der Waals surface area contributed by atoms with Crippen LogP contribution in [0, 0.1) is 13.8 Å². The molecule has 0 aliphatic heterocycles. The van der Waals surface area contributed by atoms with Crippen molar-refractivity contribution in [2.24, 2.45) is 5.73 Å². The molecule has 0 saturated carbocycles. The normalized spacial score (nSPS) is 11.1. The van der Waals surface area contributed by atoms with Crippen molar-refractivity contribution < 1.29 is 4.79 Å². The van der Waals surface area contributed by atoms with Gasteiger partial charge in [0.1, 0.15) is 0 Å². The molecule has 3 aromatic heterocycles. The lowest BCUT2D eigenvalue weighted by molar-refractivity contribution is 0.102. The molecule has 5 rings (SSSR count). The number of hydrogen-bond donors (Lipinski definition) is 2. The Balaban J connectivity index is 1.57. The van der Waals surface area contributed by atoms with Crippen molar-refractivity contribution >= 4 is 22.5 Å². The number of nitrogens with one attached hydrogen (secondary N) is 1. The average molecular weight is 518 g/mol. The fourth-order valence-electron chi connectivity index (χ4n) is 4.78. The zero-order valence-corrected chi connectivity index (χ0v) is 22.1. The van der Waals surface area contributed by atoms with Crippen LogP contribution in [0.25, 0.3) is 22.0 Å². The van der Waals surface area contributed by atoms with Crippen molar-refractivity contribution in [3.63, 3.8) is 0 Å². The first-order valence-electron chi connectivity index (χ1n) is 13.0. The highest BCUT2D eigenvalue weighted by molar-refractivity contribution is 6.04. The molecule has 0 aliphatic carbocycles. The zero-order chi connectivity index (χ0) is 27.4. The van der Waals surface area contributed by atoms with Gasteiger partial charge in [-0.15, -0.1) is 0 Å². The molecule has 7 heteroatoms. The van der Waals surface area contributed by atoms with Crippen LogP contribution in [0.5, 0.6) is 0 Å². The molecule has 0 atom stereocenters. The number of carbonyl (C=O) groups excluding carboxylic acids is 1. The van der Waals surface area contributed by atoms with E-state index in [9.17, 15) is 9.59 Å². The summed E-state index contributed by atoms with van der Waals surface area (Å²) in [6, 6.07) is 20.9. The number of benzene rings is 2.